The number of ketones is 1. The molecule has 2 N–H and O–H groups in total. The molecular weight excluding hydrogens is 226 g/mol. The van der Waals surface area contributed by atoms with E-state index in [0.717, 1.165) is 24.0 Å². The fraction of sp³-hybridized carbons (Fsp3) is 0.429. The average molecular weight is 245 g/mol. The second-order valence-electron chi connectivity index (χ2n) is 5.44. The van der Waals surface area contributed by atoms with Gasteiger partial charge in [-0.05, 0) is 39.3 Å². The summed E-state index contributed by atoms with van der Waals surface area (Å²) in [7, 11) is 0. The summed E-state index contributed by atoms with van der Waals surface area (Å²) in [6, 6.07) is 3.87. The minimum absolute atomic E-state index is 0.0419. The quantitative estimate of drug-likeness (QED) is 0.841. The number of carbonyl (C=O) groups excluding carboxylic acids is 1. The van der Waals surface area contributed by atoms with Crippen LogP contribution in [0.5, 0.6) is 0 Å². The first-order valence-corrected chi connectivity index (χ1v) is 6.11. The van der Waals surface area contributed by atoms with E-state index in [-0.39, 0.29) is 11.3 Å². The minimum Gasteiger partial charge on any atom is -0.332 e. The third kappa shape index (κ3) is 2.76. The monoisotopic (exact) mass is 245 g/mol. The molecule has 0 atom stereocenters. The van der Waals surface area contributed by atoms with E-state index in [1.165, 1.54) is 0 Å². The van der Waals surface area contributed by atoms with Crippen molar-refractivity contribution in [2.75, 3.05) is 0 Å². The maximum absolute atomic E-state index is 11.3. The van der Waals surface area contributed by atoms with Crippen LogP contribution < -0.4 is 5.73 Å². The van der Waals surface area contributed by atoms with Gasteiger partial charge in [-0.1, -0.05) is 0 Å². The summed E-state index contributed by atoms with van der Waals surface area (Å²) in [5, 5.41) is 0.998. The molecule has 0 spiro atoms. The van der Waals surface area contributed by atoms with E-state index in [2.05, 4.69) is 9.55 Å². The Morgan fingerprint density at radius 1 is 1.50 bits per heavy atom. The Bertz CT molecular complexity index is 578. The molecule has 2 heterocycles. The van der Waals surface area contributed by atoms with Gasteiger partial charge in [-0.15, -0.1) is 0 Å². The van der Waals surface area contributed by atoms with E-state index >= 15 is 0 Å². The summed E-state index contributed by atoms with van der Waals surface area (Å²) in [4.78, 5) is 15.7. The van der Waals surface area contributed by atoms with Crippen LogP contribution in [0.3, 0.4) is 0 Å². The average Bonchev–Trinajstić information content (AvgIpc) is 2.67. The maximum atomic E-state index is 11.3. The van der Waals surface area contributed by atoms with Crippen LogP contribution in [0.1, 0.15) is 37.6 Å². The summed E-state index contributed by atoms with van der Waals surface area (Å²) < 4.78 is 2.08. The van der Waals surface area contributed by atoms with Gasteiger partial charge < -0.3 is 10.3 Å². The lowest BCUT2D eigenvalue weighted by Crippen LogP contribution is -2.33. The second kappa shape index (κ2) is 4.53. The molecule has 2 aromatic rings. The largest absolute Gasteiger partial charge is 0.332 e. The Morgan fingerprint density at radius 3 is 2.83 bits per heavy atom. The molecule has 0 unspecified atom stereocenters. The van der Waals surface area contributed by atoms with E-state index in [9.17, 15) is 4.79 Å². The highest BCUT2D eigenvalue weighted by Crippen LogP contribution is 2.17. The first kappa shape index (κ1) is 12.8. The number of nitrogens with two attached hydrogens (primary N) is 1. The van der Waals surface area contributed by atoms with E-state index in [1.54, 1.807) is 13.1 Å². The number of Topliss-reactive ketones (excluding diaryl/α,β-unsaturated/α-hetero) is 1. The number of carbonyl (C=O) groups is 1. The number of aromatic nitrogens is 2. The van der Waals surface area contributed by atoms with Gasteiger partial charge in [0.1, 0.15) is 5.65 Å². The third-order valence-corrected chi connectivity index (χ3v) is 3.00. The molecule has 0 fully saturated rings. The molecule has 18 heavy (non-hydrogen) atoms. The molecule has 0 radical (unpaired) electrons. The van der Waals surface area contributed by atoms with Crippen LogP contribution in [0.15, 0.2) is 24.5 Å². The first-order chi connectivity index (χ1) is 8.37. The SMILES string of the molecule is CC(=O)c1cnc2c(ccn2CCC(C)(C)N)c1. The topological polar surface area (TPSA) is 60.9 Å². The first-order valence-electron chi connectivity index (χ1n) is 6.11. The number of fused-ring (bicyclic) bond motifs is 1. The van der Waals surface area contributed by atoms with Gasteiger partial charge in [-0.25, -0.2) is 4.98 Å². The Balaban J connectivity index is 2.29. The highest BCUT2D eigenvalue weighted by molar-refractivity contribution is 5.96. The molecule has 0 aliphatic heterocycles. The third-order valence-electron chi connectivity index (χ3n) is 3.00. The highest BCUT2D eigenvalue weighted by atomic mass is 16.1. The Kier molecular flexibility index (Phi) is 3.22. The molecule has 0 aliphatic carbocycles. The van der Waals surface area contributed by atoms with Gasteiger partial charge in [0, 0.05) is 35.4 Å². The molecule has 2 aromatic heterocycles. The Hall–Kier alpha value is -1.68. The Labute approximate surface area is 107 Å². The van der Waals surface area contributed by atoms with Crippen molar-refractivity contribution in [1.82, 2.24) is 9.55 Å². The molecule has 4 nitrogen and oxygen atoms in total. The molecule has 2 rings (SSSR count). The Morgan fingerprint density at radius 2 is 2.22 bits per heavy atom. The van der Waals surface area contributed by atoms with Gasteiger partial charge >= 0.3 is 0 Å². The van der Waals surface area contributed by atoms with Crippen molar-refractivity contribution in [3.8, 4) is 0 Å². The van der Waals surface area contributed by atoms with E-state index in [4.69, 9.17) is 5.73 Å². The smallest absolute Gasteiger partial charge is 0.161 e. The lowest BCUT2D eigenvalue weighted by atomic mass is 10.0. The fourth-order valence-corrected chi connectivity index (χ4v) is 1.86. The van der Waals surface area contributed by atoms with Crippen molar-refractivity contribution < 1.29 is 4.79 Å². The van der Waals surface area contributed by atoms with E-state index in [0.29, 0.717) is 5.56 Å². The van der Waals surface area contributed by atoms with Gasteiger partial charge in [0.15, 0.2) is 5.78 Å². The van der Waals surface area contributed by atoms with Crippen LogP contribution in [0.25, 0.3) is 11.0 Å². The molecule has 0 saturated carbocycles. The van der Waals surface area contributed by atoms with Crippen LogP contribution in [0, 0.1) is 0 Å². The van der Waals surface area contributed by atoms with Gasteiger partial charge in [0.25, 0.3) is 0 Å². The molecule has 0 aliphatic rings. The van der Waals surface area contributed by atoms with Crippen LogP contribution in [-0.2, 0) is 6.54 Å². The van der Waals surface area contributed by atoms with Crippen LogP contribution in [-0.4, -0.2) is 20.9 Å². The van der Waals surface area contributed by atoms with E-state index < -0.39 is 0 Å². The predicted molar refractivity (Wildman–Crippen MR) is 72.6 cm³/mol. The number of nitrogens with zero attached hydrogens (tertiary/aromatic N) is 2. The van der Waals surface area contributed by atoms with Crippen molar-refractivity contribution in [3.63, 3.8) is 0 Å². The van der Waals surface area contributed by atoms with Gasteiger partial charge in [-0.2, -0.15) is 0 Å². The summed E-state index contributed by atoms with van der Waals surface area (Å²) >= 11 is 0. The lowest BCUT2D eigenvalue weighted by Gasteiger charge is -2.18. The second-order valence-corrected chi connectivity index (χ2v) is 5.44. The van der Waals surface area contributed by atoms with Crippen LogP contribution in [0.4, 0.5) is 0 Å². The van der Waals surface area contributed by atoms with Crippen molar-refractivity contribution in [1.29, 1.82) is 0 Å². The molecule has 4 heteroatoms. The van der Waals surface area contributed by atoms with Crippen LogP contribution >= 0.6 is 0 Å². The summed E-state index contributed by atoms with van der Waals surface area (Å²) in [6.45, 7) is 6.41. The number of rotatable bonds is 4. The molecule has 0 amide bonds. The zero-order valence-electron chi connectivity index (χ0n) is 11.1. The fourth-order valence-electron chi connectivity index (χ4n) is 1.86. The van der Waals surface area contributed by atoms with Crippen molar-refractivity contribution in [2.24, 2.45) is 5.73 Å². The van der Waals surface area contributed by atoms with Gasteiger partial charge in [-0.3, -0.25) is 4.79 Å². The summed E-state index contributed by atoms with van der Waals surface area (Å²) in [6.07, 6.45) is 4.51. The number of hydrogen-bond acceptors (Lipinski definition) is 3. The van der Waals surface area contributed by atoms with Crippen molar-refractivity contribution in [2.45, 2.75) is 39.3 Å². The zero-order valence-corrected chi connectivity index (χ0v) is 11.1. The van der Waals surface area contributed by atoms with Gasteiger partial charge in [0.2, 0.25) is 0 Å². The van der Waals surface area contributed by atoms with E-state index in [1.807, 2.05) is 32.2 Å². The zero-order chi connectivity index (χ0) is 13.3. The number of hydrogen-bond donors (Lipinski definition) is 1. The number of aryl methyl sites for hydroxylation is 1. The van der Waals surface area contributed by atoms with Crippen molar-refractivity contribution in [3.05, 3.63) is 30.1 Å². The van der Waals surface area contributed by atoms with Crippen LogP contribution in [0.2, 0.25) is 0 Å². The predicted octanol–water partition coefficient (Wildman–Crippen LogP) is 2.37. The lowest BCUT2D eigenvalue weighted by molar-refractivity contribution is 0.101. The highest BCUT2D eigenvalue weighted by Gasteiger charge is 2.12. The minimum atomic E-state index is -0.185. The number of pyridine rings is 1. The molecular formula is C14H19N3O. The van der Waals surface area contributed by atoms with Gasteiger partial charge in [0.05, 0.1) is 0 Å². The van der Waals surface area contributed by atoms with Crippen molar-refractivity contribution >= 4 is 16.8 Å². The summed E-state index contributed by atoms with van der Waals surface area (Å²) in [5.41, 5.74) is 7.36. The molecule has 0 bridgehead atoms. The summed E-state index contributed by atoms with van der Waals surface area (Å²) in [5.74, 6) is 0.0419. The molecule has 0 saturated heterocycles. The molecule has 96 valence electrons. The normalized spacial score (nSPS) is 12.0. The molecule has 0 aromatic carbocycles. The standard InChI is InChI=1S/C14H19N3O/c1-10(18)12-8-11-4-6-17(13(11)16-9-12)7-5-14(2,3)15/h4,6,8-9H,5,7,15H2,1-3H3. The maximum Gasteiger partial charge on any atom is 0.161 e.